The van der Waals surface area contributed by atoms with Crippen LogP contribution in [0.4, 0.5) is 4.79 Å². The lowest BCUT2D eigenvalue weighted by atomic mass is 10.1. The third-order valence-corrected chi connectivity index (χ3v) is 4.74. The molecule has 28 heavy (non-hydrogen) atoms. The molecular formula is C21H34N4O3. The van der Waals surface area contributed by atoms with Gasteiger partial charge in [0.1, 0.15) is 5.75 Å². The van der Waals surface area contributed by atoms with Gasteiger partial charge in [-0.3, -0.25) is 4.99 Å². The monoisotopic (exact) mass is 390 g/mol. The van der Waals surface area contributed by atoms with E-state index in [9.17, 15) is 4.79 Å². The zero-order valence-electron chi connectivity index (χ0n) is 17.4. The van der Waals surface area contributed by atoms with E-state index in [2.05, 4.69) is 34.7 Å². The first-order chi connectivity index (χ1) is 13.6. The third kappa shape index (κ3) is 7.66. The van der Waals surface area contributed by atoms with Crippen molar-refractivity contribution >= 4 is 12.1 Å². The molecule has 1 aliphatic heterocycles. The number of aryl methyl sites for hydroxylation is 1. The molecule has 0 aliphatic carbocycles. The number of carbonyl (C=O) groups is 1. The maximum absolute atomic E-state index is 11.8. The number of hydrogen-bond acceptors (Lipinski definition) is 4. The molecule has 2 N–H and O–H groups in total. The summed E-state index contributed by atoms with van der Waals surface area (Å²) < 4.78 is 10.8. The summed E-state index contributed by atoms with van der Waals surface area (Å²) in [6.45, 7) is 7.30. The molecule has 1 fully saturated rings. The van der Waals surface area contributed by atoms with E-state index in [-0.39, 0.29) is 6.09 Å². The van der Waals surface area contributed by atoms with Gasteiger partial charge in [0.15, 0.2) is 5.96 Å². The van der Waals surface area contributed by atoms with E-state index in [0.717, 1.165) is 43.9 Å². The Balaban J connectivity index is 1.56. The fourth-order valence-electron chi connectivity index (χ4n) is 3.07. The molecule has 0 atom stereocenters. The van der Waals surface area contributed by atoms with Gasteiger partial charge in [-0.25, -0.2) is 4.79 Å². The van der Waals surface area contributed by atoms with Gasteiger partial charge in [0.2, 0.25) is 0 Å². The lowest BCUT2D eigenvalue weighted by Gasteiger charge is -2.32. The number of piperidine rings is 1. The number of benzene rings is 1. The molecule has 0 aromatic heterocycles. The first-order valence-electron chi connectivity index (χ1n) is 10.2. The lowest BCUT2D eigenvalue weighted by molar-refractivity contribution is 0.0963. The second kappa shape index (κ2) is 12.1. The molecule has 0 unspecified atom stereocenters. The molecular weight excluding hydrogens is 356 g/mol. The van der Waals surface area contributed by atoms with Crippen LogP contribution >= 0.6 is 0 Å². The van der Waals surface area contributed by atoms with Crippen LogP contribution in [0.3, 0.4) is 0 Å². The van der Waals surface area contributed by atoms with E-state index in [4.69, 9.17) is 9.47 Å². The van der Waals surface area contributed by atoms with Crippen molar-refractivity contribution in [2.24, 2.45) is 4.99 Å². The van der Waals surface area contributed by atoms with Crippen LogP contribution in [0.5, 0.6) is 5.75 Å². The third-order valence-electron chi connectivity index (χ3n) is 4.74. The Hall–Kier alpha value is -2.44. The van der Waals surface area contributed by atoms with Gasteiger partial charge in [0.05, 0.1) is 13.2 Å². The Bertz CT molecular complexity index is 611. The molecule has 1 amide bonds. The van der Waals surface area contributed by atoms with E-state index < -0.39 is 0 Å². The maximum atomic E-state index is 11.8. The number of amides is 1. The zero-order chi connectivity index (χ0) is 20.2. The summed E-state index contributed by atoms with van der Waals surface area (Å²) in [6.07, 6.45) is 3.56. The number of unbranched alkanes of at least 4 members (excludes halogenated alkanes) is 1. The van der Waals surface area contributed by atoms with E-state index in [1.54, 1.807) is 11.9 Å². The Labute approximate surface area is 168 Å². The Morgan fingerprint density at radius 1 is 1.21 bits per heavy atom. The van der Waals surface area contributed by atoms with Crippen LogP contribution < -0.4 is 15.4 Å². The van der Waals surface area contributed by atoms with E-state index >= 15 is 0 Å². The van der Waals surface area contributed by atoms with Crippen molar-refractivity contribution < 1.29 is 14.3 Å². The van der Waals surface area contributed by atoms with Crippen LogP contribution in [-0.2, 0) is 4.74 Å². The van der Waals surface area contributed by atoms with Crippen LogP contribution in [-0.4, -0.2) is 62.9 Å². The van der Waals surface area contributed by atoms with Crippen molar-refractivity contribution in [3.8, 4) is 5.75 Å². The largest absolute Gasteiger partial charge is 0.494 e. The molecule has 7 nitrogen and oxygen atoms in total. The van der Waals surface area contributed by atoms with Crippen LogP contribution in [0.2, 0.25) is 0 Å². The van der Waals surface area contributed by atoms with Crippen LogP contribution in [0.1, 0.15) is 38.2 Å². The Morgan fingerprint density at radius 2 is 1.93 bits per heavy atom. The van der Waals surface area contributed by atoms with E-state index in [0.29, 0.717) is 32.3 Å². The van der Waals surface area contributed by atoms with E-state index in [1.807, 2.05) is 19.1 Å². The summed E-state index contributed by atoms with van der Waals surface area (Å²) in [5.41, 5.74) is 1.24. The average Bonchev–Trinajstić information content (AvgIpc) is 2.71. The molecule has 1 aromatic carbocycles. The molecule has 7 heteroatoms. The molecule has 1 saturated heterocycles. The zero-order valence-corrected chi connectivity index (χ0v) is 17.4. The van der Waals surface area contributed by atoms with Gasteiger partial charge in [-0.2, -0.15) is 0 Å². The number of hydrogen-bond donors (Lipinski definition) is 2. The van der Waals surface area contributed by atoms with Gasteiger partial charge in [0.25, 0.3) is 0 Å². The van der Waals surface area contributed by atoms with E-state index in [1.165, 1.54) is 5.56 Å². The highest BCUT2D eigenvalue weighted by molar-refractivity contribution is 5.80. The molecule has 156 valence electrons. The number of likely N-dealkylation sites (tertiary alicyclic amines) is 1. The van der Waals surface area contributed by atoms with Crippen molar-refractivity contribution in [3.05, 3.63) is 29.8 Å². The summed E-state index contributed by atoms with van der Waals surface area (Å²) in [5, 5.41) is 6.80. The molecule has 2 rings (SSSR count). The maximum Gasteiger partial charge on any atom is 0.409 e. The standard InChI is InChI=1S/C21H34N4O3/c1-4-27-21(26)25-14-11-18(12-15-25)24-20(22-3)23-13-5-6-16-28-19-9-7-17(2)8-10-19/h7-10,18H,4-6,11-16H2,1-3H3,(H2,22,23,24). The van der Waals surface area contributed by atoms with Gasteiger partial charge in [0, 0.05) is 32.7 Å². The van der Waals surface area contributed by atoms with Gasteiger partial charge in [-0.05, 0) is 51.7 Å². The normalized spacial score (nSPS) is 15.2. The highest BCUT2D eigenvalue weighted by Crippen LogP contribution is 2.12. The summed E-state index contributed by atoms with van der Waals surface area (Å²) in [4.78, 5) is 17.8. The number of carbonyl (C=O) groups excluding carboxylic acids is 1. The Kier molecular flexibility index (Phi) is 9.45. The molecule has 0 spiro atoms. The predicted octanol–water partition coefficient (Wildman–Crippen LogP) is 2.94. The number of nitrogens with one attached hydrogen (secondary N) is 2. The van der Waals surface area contributed by atoms with Gasteiger partial charge < -0.3 is 25.0 Å². The first kappa shape index (κ1) is 21.9. The van der Waals surface area contributed by atoms with Gasteiger partial charge in [-0.15, -0.1) is 0 Å². The number of guanidine groups is 1. The number of aliphatic imine (C=N–C) groups is 1. The second-order valence-corrected chi connectivity index (χ2v) is 6.97. The summed E-state index contributed by atoms with van der Waals surface area (Å²) in [5.74, 6) is 1.74. The quantitative estimate of drug-likeness (QED) is 0.406. The number of rotatable bonds is 8. The van der Waals surface area contributed by atoms with Crippen molar-refractivity contribution in [2.75, 3.05) is 39.9 Å². The molecule has 0 bridgehead atoms. The highest BCUT2D eigenvalue weighted by Gasteiger charge is 2.23. The summed E-state index contributed by atoms with van der Waals surface area (Å²) in [6, 6.07) is 8.45. The molecule has 1 aromatic rings. The number of nitrogens with zero attached hydrogens (tertiary/aromatic N) is 2. The summed E-state index contributed by atoms with van der Waals surface area (Å²) >= 11 is 0. The predicted molar refractivity (Wildman–Crippen MR) is 112 cm³/mol. The van der Waals surface area contributed by atoms with Crippen molar-refractivity contribution in [1.29, 1.82) is 0 Å². The van der Waals surface area contributed by atoms with Gasteiger partial charge in [-0.1, -0.05) is 17.7 Å². The first-order valence-corrected chi connectivity index (χ1v) is 10.2. The number of ether oxygens (including phenoxy) is 2. The summed E-state index contributed by atoms with van der Waals surface area (Å²) in [7, 11) is 1.78. The Morgan fingerprint density at radius 3 is 2.57 bits per heavy atom. The van der Waals surface area contributed by atoms with Crippen LogP contribution in [0, 0.1) is 6.92 Å². The second-order valence-electron chi connectivity index (χ2n) is 6.97. The fraction of sp³-hybridized carbons (Fsp3) is 0.619. The minimum absolute atomic E-state index is 0.212. The minimum Gasteiger partial charge on any atom is -0.494 e. The highest BCUT2D eigenvalue weighted by atomic mass is 16.6. The minimum atomic E-state index is -0.212. The van der Waals surface area contributed by atoms with Crippen molar-refractivity contribution in [2.45, 2.75) is 45.6 Å². The molecule has 0 radical (unpaired) electrons. The lowest BCUT2D eigenvalue weighted by Crippen LogP contribution is -2.50. The van der Waals surface area contributed by atoms with Crippen LogP contribution in [0.15, 0.2) is 29.3 Å². The average molecular weight is 391 g/mol. The van der Waals surface area contributed by atoms with Crippen molar-refractivity contribution in [1.82, 2.24) is 15.5 Å². The molecule has 1 aliphatic rings. The molecule has 0 saturated carbocycles. The van der Waals surface area contributed by atoms with Crippen LogP contribution in [0.25, 0.3) is 0 Å². The SMILES string of the molecule is CCOC(=O)N1CCC(NC(=NC)NCCCCOc2ccc(C)cc2)CC1. The topological polar surface area (TPSA) is 75.2 Å². The van der Waals surface area contributed by atoms with Gasteiger partial charge >= 0.3 is 6.09 Å². The fourth-order valence-corrected chi connectivity index (χ4v) is 3.07. The molecule has 1 heterocycles. The smallest absolute Gasteiger partial charge is 0.409 e. The van der Waals surface area contributed by atoms with Crippen molar-refractivity contribution in [3.63, 3.8) is 0 Å².